The van der Waals surface area contributed by atoms with Gasteiger partial charge in [0.2, 0.25) is 5.13 Å². The second-order valence-electron chi connectivity index (χ2n) is 3.46. The number of nitrogens with zero attached hydrogens (tertiary/aromatic N) is 2. The molecule has 2 rings (SSSR count). The van der Waals surface area contributed by atoms with Crippen molar-refractivity contribution in [1.82, 2.24) is 15.5 Å². The summed E-state index contributed by atoms with van der Waals surface area (Å²) in [5.74, 6) is 0.664. The second kappa shape index (κ2) is 4.02. The molecular weight excluding hydrogens is 184 g/mol. The Bertz CT molecular complexity index is 249. The van der Waals surface area contributed by atoms with Crippen molar-refractivity contribution in [3.05, 3.63) is 5.51 Å². The van der Waals surface area contributed by atoms with Crippen molar-refractivity contribution in [2.24, 2.45) is 5.92 Å². The number of hydrogen-bond donors (Lipinski definition) is 2. The molecule has 1 aliphatic rings. The van der Waals surface area contributed by atoms with Crippen molar-refractivity contribution in [1.29, 1.82) is 0 Å². The Labute approximate surface area is 81.8 Å². The number of hydrogen-bond acceptors (Lipinski definition) is 5. The molecule has 2 atom stereocenters. The topological polar surface area (TPSA) is 49.8 Å². The molecule has 2 N–H and O–H groups in total. The predicted octanol–water partition coefficient (Wildman–Crippen LogP) is 0.948. The number of rotatable bonds is 2. The molecule has 0 aromatic carbocycles. The number of piperidine rings is 1. The molecule has 72 valence electrons. The Balaban J connectivity index is 1.93. The van der Waals surface area contributed by atoms with Gasteiger partial charge in [0.15, 0.2) is 0 Å². The van der Waals surface area contributed by atoms with Crippen LogP contribution in [0.2, 0.25) is 0 Å². The summed E-state index contributed by atoms with van der Waals surface area (Å²) in [6.07, 6.45) is 1.17. The lowest BCUT2D eigenvalue weighted by Gasteiger charge is -2.29. The molecule has 0 amide bonds. The van der Waals surface area contributed by atoms with Crippen molar-refractivity contribution in [3.63, 3.8) is 0 Å². The number of anilines is 1. The molecule has 0 aliphatic carbocycles. The normalized spacial score (nSPS) is 28.7. The fourth-order valence-electron chi connectivity index (χ4n) is 1.62. The van der Waals surface area contributed by atoms with Crippen LogP contribution in [0.3, 0.4) is 0 Å². The summed E-state index contributed by atoms with van der Waals surface area (Å²) in [5, 5.41) is 15.5. The van der Waals surface area contributed by atoms with Gasteiger partial charge in [-0.3, -0.25) is 0 Å². The van der Waals surface area contributed by atoms with Gasteiger partial charge >= 0.3 is 0 Å². The van der Waals surface area contributed by atoms with E-state index in [1.54, 1.807) is 16.8 Å². The first-order chi connectivity index (χ1) is 6.36. The third-order valence-corrected chi connectivity index (χ3v) is 3.08. The van der Waals surface area contributed by atoms with Crippen molar-refractivity contribution < 1.29 is 0 Å². The summed E-state index contributed by atoms with van der Waals surface area (Å²) in [6.45, 7) is 4.45. The highest BCUT2D eigenvalue weighted by Gasteiger charge is 2.21. The Morgan fingerprint density at radius 2 is 2.62 bits per heavy atom. The maximum Gasteiger partial charge on any atom is 0.205 e. The van der Waals surface area contributed by atoms with E-state index in [2.05, 4.69) is 27.8 Å². The van der Waals surface area contributed by atoms with Crippen molar-refractivity contribution >= 4 is 16.5 Å². The second-order valence-corrected chi connectivity index (χ2v) is 4.30. The third kappa shape index (κ3) is 2.16. The van der Waals surface area contributed by atoms with Crippen LogP contribution in [-0.4, -0.2) is 29.3 Å². The zero-order valence-corrected chi connectivity index (χ0v) is 8.47. The molecule has 1 aromatic rings. The first-order valence-electron chi connectivity index (χ1n) is 4.59. The van der Waals surface area contributed by atoms with Gasteiger partial charge in [0.25, 0.3) is 0 Å². The van der Waals surface area contributed by atoms with Crippen LogP contribution in [0.1, 0.15) is 13.3 Å². The lowest BCUT2D eigenvalue weighted by atomic mass is 9.96. The zero-order valence-electron chi connectivity index (χ0n) is 7.66. The maximum absolute atomic E-state index is 3.98. The highest BCUT2D eigenvalue weighted by Crippen LogP contribution is 2.17. The number of nitrogens with one attached hydrogen (secondary N) is 2. The van der Waals surface area contributed by atoms with Crippen molar-refractivity contribution in [2.75, 3.05) is 18.4 Å². The molecule has 0 saturated carbocycles. The summed E-state index contributed by atoms with van der Waals surface area (Å²) in [5.41, 5.74) is 1.76. The molecular formula is C8H14N4S. The molecule has 1 aromatic heterocycles. The highest BCUT2D eigenvalue weighted by atomic mass is 32.1. The van der Waals surface area contributed by atoms with Crippen LogP contribution in [-0.2, 0) is 0 Å². The lowest BCUT2D eigenvalue weighted by molar-refractivity contribution is 0.368. The van der Waals surface area contributed by atoms with Gasteiger partial charge in [0.05, 0.1) is 0 Å². The summed E-state index contributed by atoms with van der Waals surface area (Å²) >= 11 is 1.56. The smallest absolute Gasteiger partial charge is 0.205 e. The average Bonchev–Trinajstić information content (AvgIpc) is 2.61. The van der Waals surface area contributed by atoms with Crippen LogP contribution in [0.5, 0.6) is 0 Å². The molecule has 0 spiro atoms. The molecule has 4 nitrogen and oxygen atoms in total. The Morgan fingerprint density at radius 3 is 3.31 bits per heavy atom. The minimum atomic E-state index is 0.550. The fourth-order valence-corrected chi connectivity index (χ4v) is 2.13. The molecule has 1 fully saturated rings. The molecule has 0 radical (unpaired) electrons. The predicted molar refractivity (Wildman–Crippen MR) is 54.0 cm³/mol. The number of aromatic nitrogens is 2. The highest BCUT2D eigenvalue weighted by molar-refractivity contribution is 7.13. The molecule has 13 heavy (non-hydrogen) atoms. The van der Waals surface area contributed by atoms with E-state index in [-0.39, 0.29) is 0 Å². The molecule has 0 bridgehead atoms. The van der Waals surface area contributed by atoms with E-state index in [1.165, 1.54) is 6.42 Å². The van der Waals surface area contributed by atoms with Crippen LogP contribution >= 0.6 is 11.3 Å². The van der Waals surface area contributed by atoms with Gasteiger partial charge in [0.1, 0.15) is 5.51 Å². The zero-order chi connectivity index (χ0) is 9.10. The summed E-state index contributed by atoms with van der Waals surface area (Å²) in [7, 11) is 0. The molecule has 2 unspecified atom stereocenters. The van der Waals surface area contributed by atoms with Gasteiger partial charge < -0.3 is 10.6 Å². The summed E-state index contributed by atoms with van der Waals surface area (Å²) in [6, 6.07) is 0.550. The van der Waals surface area contributed by atoms with Gasteiger partial charge in [-0.1, -0.05) is 18.3 Å². The van der Waals surface area contributed by atoms with E-state index in [0.717, 1.165) is 18.2 Å². The van der Waals surface area contributed by atoms with E-state index < -0.39 is 0 Å². The van der Waals surface area contributed by atoms with Crippen molar-refractivity contribution in [2.45, 2.75) is 19.4 Å². The minimum Gasteiger partial charge on any atom is -0.357 e. The van der Waals surface area contributed by atoms with Crippen LogP contribution < -0.4 is 10.6 Å². The molecule has 1 aliphatic heterocycles. The lowest BCUT2D eigenvalue weighted by Crippen LogP contribution is -2.42. The summed E-state index contributed by atoms with van der Waals surface area (Å²) in [4.78, 5) is 0. The first-order valence-corrected chi connectivity index (χ1v) is 5.47. The fraction of sp³-hybridized carbons (Fsp3) is 0.750. The van der Waals surface area contributed by atoms with Gasteiger partial charge in [-0.2, -0.15) is 0 Å². The van der Waals surface area contributed by atoms with Gasteiger partial charge in [0, 0.05) is 6.04 Å². The SMILES string of the molecule is CC1CNCCC1Nc1nncs1. The minimum absolute atomic E-state index is 0.550. The van der Waals surface area contributed by atoms with Crippen LogP contribution in [0.15, 0.2) is 5.51 Å². The van der Waals surface area contributed by atoms with E-state index in [4.69, 9.17) is 0 Å². The van der Waals surface area contributed by atoms with Gasteiger partial charge in [-0.15, -0.1) is 10.2 Å². The molecule has 5 heteroatoms. The van der Waals surface area contributed by atoms with Crippen LogP contribution in [0.25, 0.3) is 0 Å². The van der Waals surface area contributed by atoms with E-state index in [9.17, 15) is 0 Å². The quantitative estimate of drug-likeness (QED) is 0.743. The largest absolute Gasteiger partial charge is 0.357 e. The Hall–Kier alpha value is -0.680. The van der Waals surface area contributed by atoms with E-state index in [1.807, 2.05) is 0 Å². The van der Waals surface area contributed by atoms with E-state index >= 15 is 0 Å². The maximum atomic E-state index is 3.98. The van der Waals surface area contributed by atoms with Crippen LogP contribution in [0.4, 0.5) is 5.13 Å². The van der Waals surface area contributed by atoms with Gasteiger partial charge in [-0.05, 0) is 25.4 Å². The Kier molecular flexibility index (Phi) is 2.75. The molecule has 1 saturated heterocycles. The Morgan fingerprint density at radius 1 is 1.69 bits per heavy atom. The summed E-state index contributed by atoms with van der Waals surface area (Å²) < 4.78 is 0. The monoisotopic (exact) mass is 198 g/mol. The standard InChI is InChI=1S/C8H14N4S/c1-6-4-9-3-2-7(6)11-8-12-10-5-13-8/h5-7,9H,2-4H2,1H3,(H,11,12). The van der Waals surface area contributed by atoms with Gasteiger partial charge in [-0.25, -0.2) is 0 Å². The van der Waals surface area contributed by atoms with Crippen molar-refractivity contribution in [3.8, 4) is 0 Å². The first kappa shape index (κ1) is 8.90. The average molecular weight is 198 g/mol. The molecule has 2 heterocycles. The van der Waals surface area contributed by atoms with E-state index in [0.29, 0.717) is 12.0 Å². The third-order valence-electron chi connectivity index (χ3n) is 2.45. The van der Waals surface area contributed by atoms with Crippen LogP contribution in [0, 0.1) is 5.92 Å².